The smallest absolute Gasteiger partial charge is 0.321 e. The molecule has 1 aromatic rings. The highest BCUT2D eigenvalue weighted by Crippen LogP contribution is 2.23. The Labute approximate surface area is 128 Å². The van der Waals surface area contributed by atoms with Crippen LogP contribution >= 0.6 is 11.8 Å². The summed E-state index contributed by atoms with van der Waals surface area (Å²) >= 11 is 1.25. The second-order valence-electron chi connectivity index (χ2n) is 5.40. The van der Waals surface area contributed by atoms with Crippen molar-refractivity contribution in [1.82, 2.24) is 25.4 Å². The summed E-state index contributed by atoms with van der Waals surface area (Å²) in [7, 11) is 1.80. The number of rotatable bonds is 4. The lowest BCUT2D eigenvalue weighted by atomic mass is 9.86. The van der Waals surface area contributed by atoms with Crippen molar-refractivity contribution < 1.29 is 9.59 Å². The van der Waals surface area contributed by atoms with Crippen molar-refractivity contribution in [2.45, 2.75) is 43.8 Å². The minimum Gasteiger partial charge on any atom is -0.335 e. The zero-order chi connectivity index (χ0) is 15.2. The molecule has 2 N–H and O–H groups in total. The van der Waals surface area contributed by atoms with Crippen molar-refractivity contribution in [3.63, 3.8) is 0 Å². The zero-order valence-electron chi connectivity index (χ0n) is 12.3. The van der Waals surface area contributed by atoms with Crippen molar-refractivity contribution in [2.24, 2.45) is 13.0 Å². The van der Waals surface area contributed by atoms with Gasteiger partial charge in [0.2, 0.25) is 5.91 Å². The van der Waals surface area contributed by atoms with Crippen molar-refractivity contribution in [3.8, 4) is 0 Å². The second-order valence-corrected chi connectivity index (χ2v) is 6.35. The highest BCUT2D eigenvalue weighted by molar-refractivity contribution is 7.99. The molecule has 2 atom stereocenters. The predicted octanol–water partition coefficient (Wildman–Crippen LogP) is 1.31. The fraction of sp³-hybridized carbons (Fsp3) is 0.692. The first-order valence-corrected chi connectivity index (χ1v) is 8.12. The number of aromatic nitrogens is 3. The topological polar surface area (TPSA) is 88.9 Å². The summed E-state index contributed by atoms with van der Waals surface area (Å²) in [6.45, 7) is 2.13. The molecule has 21 heavy (non-hydrogen) atoms. The molecule has 0 aromatic carbocycles. The number of urea groups is 1. The maximum absolute atomic E-state index is 11.8. The molecule has 0 saturated heterocycles. The van der Waals surface area contributed by atoms with Gasteiger partial charge in [0.05, 0.1) is 5.75 Å². The van der Waals surface area contributed by atoms with E-state index in [-0.39, 0.29) is 17.7 Å². The van der Waals surface area contributed by atoms with Crippen molar-refractivity contribution in [3.05, 3.63) is 6.33 Å². The lowest BCUT2D eigenvalue weighted by Crippen LogP contribution is -2.48. The normalized spacial score (nSPS) is 21.8. The Kier molecular flexibility index (Phi) is 5.60. The van der Waals surface area contributed by atoms with Gasteiger partial charge in [-0.2, -0.15) is 0 Å². The van der Waals surface area contributed by atoms with Crippen LogP contribution in [0.15, 0.2) is 11.5 Å². The molecule has 1 aliphatic carbocycles. The van der Waals surface area contributed by atoms with Crippen LogP contribution in [0.2, 0.25) is 0 Å². The van der Waals surface area contributed by atoms with Crippen LogP contribution in [0.3, 0.4) is 0 Å². The number of carbonyl (C=O) groups is 2. The minimum atomic E-state index is -0.405. The van der Waals surface area contributed by atoms with Gasteiger partial charge in [-0.05, 0) is 18.8 Å². The molecule has 0 bridgehead atoms. The Bertz CT molecular complexity index is 505. The summed E-state index contributed by atoms with van der Waals surface area (Å²) in [5, 5.41) is 13.5. The predicted molar refractivity (Wildman–Crippen MR) is 79.8 cm³/mol. The molecule has 2 rings (SSSR count). The van der Waals surface area contributed by atoms with Crippen LogP contribution < -0.4 is 10.6 Å². The molecule has 1 aromatic heterocycles. The summed E-state index contributed by atoms with van der Waals surface area (Å²) < 4.78 is 1.72. The molecule has 1 saturated carbocycles. The molecule has 1 heterocycles. The van der Waals surface area contributed by atoms with Crippen molar-refractivity contribution in [1.29, 1.82) is 0 Å². The quantitative estimate of drug-likeness (QED) is 0.819. The lowest BCUT2D eigenvalue weighted by molar-refractivity contribution is -0.117. The third kappa shape index (κ3) is 4.73. The van der Waals surface area contributed by atoms with E-state index in [1.165, 1.54) is 18.2 Å². The molecule has 1 fully saturated rings. The molecule has 0 spiro atoms. The first kappa shape index (κ1) is 15.8. The van der Waals surface area contributed by atoms with Crippen LogP contribution in [0.25, 0.3) is 0 Å². The summed E-state index contributed by atoms with van der Waals surface area (Å²) in [6, 6.07) is -0.241. The number of imide groups is 1. The highest BCUT2D eigenvalue weighted by Gasteiger charge is 2.23. The van der Waals surface area contributed by atoms with Crippen molar-refractivity contribution in [2.75, 3.05) is 5.75 Å². The van der Waals surface area contributed by atoms with Gasteiger partial charge in [-0.15, -0.1) is 10.2 Å². The molecular weight excluding hydrogens is 290 g/mol. The molecule has 7 nitrogen and oxygen atoms in total. The van der Waals surface area contributed by atoms with Crippen LogP contribution in [0.1, 0.15) is 32.6 Å². The number of aryl methyl sites for hydroxylation is 1. The number of hydrogen-bond donors (Lipinski definition) is 2. The van der Waals surface area contributed by atoms with Gasteiger partial charge in [-0.25, -0.2) is 4.79 Å². The number of amides is 3. The van der Waals surface area contributed by atoms with Gasteiger partial charge in [0.1, 0.15) is 6.33 Å². The van der Waals surface area contributed by atoms with E-state index in [0.717, 1.165) is 19.3 Å². The molecular formula is C13H21N5O2S. The molecule has 8 heteroatoms. The summed E-state index contributed by atoms with van der Waals surface area (Å²) in [6.07, 6.45) is 6.02. The van der Waals surface area contributed by atoms with Gasteiger partial charge in [0, 0.05) is 13.1 Å². The van der Waals surface area contributed by atoms with E-state index in [9.17, 15) is 9.59 Å². The number of carbonyl (C=O) groups excluding carboxylic acids is 2. The van der Waals surface area contributed by atoms with Crippen LogP contribution in [-0.4, -0.2) is 38.5 Å². The molecule has 3 amide bonds. The monoisotopic (exact) mass is 311 g/mol. The maximum Gasteiger partial charge on any atom is 0.321 e. The van der Waals surface area contributed by atoms with E-state index in [2.05, 4.69) is 27.8 Å². The molecule has 0 unspecified atom stereocenters. The third-order valence-electron chi connectivity index (χ3n) is 3.68. The molecule has 116 valence electrons. The van der Waals surface area contributed by atoms with Gasteiger partial charge < -0.3 is 9.88 Å². The van der Waals surface area contributed by atoms with Gasteiger partial charge in [-0.3, -0.25) is 10.1 Å². The molecule has 0 radical (unpaired) electrons. The Morgan fingerprint density at radius 1 is 1.43 bits per heavy atom. The standard InChI is InChI=1S/C13H21N5O2S/c1-9-5-3-4-6-10(9)15-12(20)16-11(19)7-21-13-17-14-8-18(13)2/h8-10H,3-7H2,1-2H3,(H2,15,16,19,20)/t9-,10+/m1/s1. The van der Waals surface area contributed by atoms with Crippen molar-refractivity contribution >= 4 is 23.7 Å². The van der Waals surface area contributed by atoms with E-state index < -0.39 is 6.03 Å². The Morgan fingerprint density at radius 2 is 2.19 bits per heavy atom. The summed E-state index contributed by atoms with van der Waals surface area (Å²) in [5.41, 5.74) is 0. The maximum atomic E-state index is 11.8. The SMILES string of the molecule is C[C@@H]1CCCC[C@@H]1NC(=O)NC(=O)CSc1nncn1C. The Hall–Kier alpha value is -1.57. The van der Waals surface area contributed by atoms with Gasteiger partial charge in [-0.1, -0.05) is 31.5 Å². The second kappa shape index (κ2) is 7.44. The first-order valence-electron chi connectivity index (χ1n) is 7.13. The lowest BCUT2D eigenvalue weighted by Gasteiger charge is -2.29. The number of thioether (sulfide) groups is 1. The van der Waals surface area contributed by atoms with Crippen LogP contribution in [0, 0.1) is 5.92 Å². The van der Waals surface area contributed by atoms with E-state index >= 15 is 0 Å². The molecule has 0 aliphatic heterocycles. The van der Waals surface area contributed by atoms with Crippen LogP contribution in [-0.2, 0) is 11.8 Å². The summed E-state index contributed by atoms with van der Waals surface area (Å²) in [4.78, 5) is 23.5. The van der Waals surface area contributed by atoms with Gasteiger partial charge in [0.15, 0.2) is 5.16 Å². The van der Waals surface area contributed by atoms with E-state index in [1.807, 2.05) is 0 Å². The number of nitrogens with zero attached hydrogens (tertiary/aromatic N) is 3. The average Bonchev–Trinajstić information content (AvgIpc) is 2.84. The number of hydrogen-bond acceptors (Lipinski definition) is 5. The fourth-order valence-corrected chi connectivity index (χ4v) is 3.12. The van der Waals surface area contributed by atoms with Gasteiger partial charge >= 0.3 is 6.03 Å². The molecule has 1 aliphatic rings. The Balaban J connectivity index is 1.72. The largest absolute Gasteiger partial charge is 0.335 e. The zero-order valence-corrected chi connectivity index (χ0v) is 13.2. The minimum absolute atomic E-state index is 0.139. The fourth-order valence-electron chi connectivity index (χ4n) is 2.43. The highest BCUT2D eigenvalue weighted by atomic mass is 32.2. The van der Waals surface area contributed by atoms with E-state index in [1.54, 1.807) is 17.9 Å². The Morgan fingerprint density at radius 3 is 2.86 bits per heavy atom. The average molecular weight is 311 g/mol. The van der Waals surface area contributed by atoms with E-state index in [4.69, 9.17) is 0 Å². The van der Waals surface area contributed by atoms with Gasteiger partial charge in [0.25, 0.3) is 0 Å². The third-order valence-corrected chi connectivity index (χ3v) is 4.72. The van der Waals surface area contributed by atoms with Crippen LogP contribution in [0.5, 0.6) is 0 Å². The number of nitrogens with one attached hydrogen (secondary N) is 2. The summed E-state index contributed by atoms with van der Waals surface area (Å²) in [5.74, 6) is 0.275. The first-order chi connectivity index (χ1) is 10.1. The van der Waals surface area contributed by atoms with E-state index in [0.29, 0.717) is 11.1 Å². The van der Waals surface area contributed by atoms with Crippen LogP contribution in [0.4, 0.5) is 4.79 Å².